The first-order chi connectivity index (χ1) is 7.24. The van der Waals surface area contributed by atoms with Gasteiger partial charge in [0.2, 0.25) is 0 Å². The van der Waals surface area contributed by atoms with Crippen LogP contribution in [0.15, 0.2) is 18.6 Å². The zero-order valence-corrected chi connectivity index (χ0v) is 9.23. The first-order valence-corrected chi connectivity index (χ1v) is 5.53. The van der Waals surface area contributed by atoms with Crippen LogP contribution in [0.2, 0.25) is 0 Å². The molecule has 0 aromatic carbocycles. The second kappa shape index (κ2) is 3.72. The molecule has 0 spiro atoms. The van der Waals surface area contributed by atoms with Gasteiger partial charge in [-0.1, -0.05) is 13.8 Å². The molecular weight excluding hydrogens is 188 g/mol. The standard InChI is InChI=1S/C12H16N2O/c1-3-12(4-2)9(7-11(12)15)10-8-13-5-6-14-10/h5-6,8-9H,3-4,7H2,1-2H3. The van der Waals surface area contributed by atoms with Crippen molar-refractivity contribution in [1.29, 1.82) is 0 Å². The van der Waals surface area contributed by atoms with E-state index in [1.165, 1.54) is 0 Å². The van der Waals surface area contributed by atoms with Gasteiger partial charge in [0.25, 0.3) is 0 Å². The van der Waals surface area contributed by atoms with E-state index in [0.717, 1.165) is 18.5 Å². The summed E-state index contributed by atoms with van der Waals surface area (Å²) in [7, 11) is 0. The molecule has 3 heteroatoms. The highest BCUT2D eigenvalue weighted by molar-refractivity contribution is 5.93. The molecule has 15 heavy (non-hydrogen) atoms. The van der Waals surface area contributed by atoms with Crippen LogP contribution in [0.3, 0.4) is 0 Å². The third kappa shape index (κ3) is 1.37. The van der Waals surface area contributed by atoms with Gasteiger partial charge >= 0.3 is 0 Å². The van der Waals surface area contributed by atoms with E-state index in [9.17, 15) is 4.79 Å². The van der Waals surface area contributed by atoms with Gasteiger partial charge in [-0.15, -0.1) is 0 Å². The van der Waals surface area contributed by atoms with Gasteiger partial charge in [-0.3, -0.25) is 14.8 Å². The smallest absolute Gasteiger partial charge is 0.140 e. The number of ketones is 1. The SMILES string of the molecule is CCC1(CC)C(=O)CC1c1cnccn1. The van der Waals surface area contributed by atoms with Crippen molar-refractivity contribution in [3.63, 3.8) is 0 Å². The Balaban J connectivity index is 2.29. The zero-order valence-electron chi connectivity index (χ0n) is 9.23. The minimum atomic E-state index is -0.157. The summed E-state index contributed by atoms with van der Waals surface area (Å²) in [6, 6.07) is 0. The molecule has 3 nitrogen and oxygen atoms in total. The van der Waals surface area contributed by atoms with Gasteiger partial charge in [0.05, 0.1) is 5.69 Å². The number of rotatable bonds is 3. The Kier molecular flexibility index (Phi) is 2.55. The van der Waals surface area contributed by atoms with Crippen LogP contribution in [0.25, 0.3) is 0 Å². The summed E-state index contributed by atoms with van der Waals surface area (Å²) in [6.07, 6.45) is 7.61. The van der Waals surface area contributed by atoms with E-state index >= 15 is 0 Å². The van der Waals surface area contributed by atoms with Gasteiger partial charge < -0.3 is 0 Å². The Morgan fingerprint density at radius 3 is 2.60 bits per heavy atom. The monoisotopic (exact) mass is 204 g/mol. The fraction of sp³-hybridized carbons (Fsp3) is 0.583. The summed E-state index contributed by atoms with van der Waals surface area (Å²) in [5.74, 6) is 0.678. The van der Waals surface area contributed by atoms with Gasteiger partial charge in [-0.05, 0) is 12.8 Å². The molecule has 1 heterocycles. The molecule has 2 rings (SSSR count). The summed E-state index contributed by atoms with van der Waals surface area (Å²) in [6.45, 7) is 4.17. The van der Waals surface area contributed by atoms with Crippen molar-refractivity contribution in [1.82, 2.24) is 9.97 Å². The maximum absolute atomic E-state index is 11.8. The van der Waals surface area contributed by atoms with E-state index in [1.807, 2.05) is 0 Å². The number of carbonyl (C=O) groups excluding carboxylic acids is 1. The Bertz CT molecular complexity index is 357. The van der Waals surface area contributed by atoms with Crippen molar-refractivity contribution in [2.75, 3.05) is 0 Å². The molecule has 0 aliphatic heterocycles. The summed E-state index contributed by atoms with van der Waals surface area (Å²) in [5, 5.41) is 0. The molecule has 1 fully saturated rings. The van der Waals surface area contributed by atoms with E-state index in [0.29, 0.717) is 12.2 Å². The third-order valence-electron chi connectivity index (χ3n) is 3.81. The molecule has 0 saturated heterocycles. The molecule has 0 bridgehead atoms. The van der Waals surface area contributed by atoms with Gasteiger partial charge in [-0.2, -0.15) is 0 Å². The fourth-order valence-electron chi connectivity index (χ4n) is 2.66. The molecule has 1 atom stereocenters. The molecule has 1 unspecified atom stereocenters. The Labute approximate surface area is 89.9 Å². The average Bonchev–Trinajstić information content (AvgIpc) is 2.29. The van der Waals surface area contributed by atoms with E-state index in [-0.39, 0.29) is 11.3 Å². The normalized spacial score (nSPS) is 23.6. The number of Topliss-reactive ketones (excluding diaryl/α,β-unsaturated/α-hetero) is 1. The molecule has 1 aromatic heterocycles. The van der Waals surface area contributed by atoms with Crippen LogP contribution in [0.4, 0.5) is 0 Å². The molecule has 1 aromatic rings. The van der Waals surface area contributed by atoms with Crippen LogP contribution in [0.1, 0.15) is 44.7 Å². The average molecular weight is 204 g/mol. The van der Waals surface area contributed by atoms with Crippen molar-refractivity contribution in [3.8, 4) is 0 Å². The van der Waals surface area contributed by atoms with E-state index in [1.54, 1.807) is 18.6 Å². The lowest BCUT2D eigenvalue weighted by atomic mass is 9.55. The molecule has 1 aliphatic carbocycles. The number of nitrogens with zero attached hydrogens (tertiary/aromatic N) is 2. The Morgan fingerprint density at radius 2 is 2.13 bits per heavy atom. The minimum Gasteiger partial charge on any atom is -0.299 e. The van der Waals surface area contributed by atoms with E-state index in [2.05, 4.69) is 23.8 Å². The highest BCUT2D eigenvalue weighted by Gasteiger charge is 2.53. The predicted octanol–water partition coefficient (Wildman–Crippen LogP) is 2.34. The van der Waals surface area contributed by atoms with Crippen molar-refractivity contribution in [2.24, 2.45) is 5.41 Å². The van der Waals surface area contributed by atoms with Crippen LogP contribution >= 0.6 is 0 Å². The van der Waals surface area contributed by atoms with Gasteiger partial charge in [0, 0.05) is 36.3 Å². The molecule has 1 aliphatic rings. The summed E-state index contributed by atoms with van der Waals surface area (Å²) in [5.41, 5.74) is 0.816. The topological polar surface area (TPSA) is 42.9 Å². The van der Waals surface area contributed by atoms with Crippen LogP contribution in [-0.4, -0.2) is 15.8 Å². The quantitative estimate of drug-likeness (QED) is 0.759. The molecular formula is C12H16N2O. The zero-order chi connectivity index (χ0) is 10.9. The molecule has 80 valence electrons. The van der Waals surface area contributed by atoms with E-state index < -0.39 is 0 Å². The van der Waals surface area contributed by atoms with Gasteiger partial charge in [0.1, 0.15) is 5.78 Å². The predicted molar refractivity (Wildman–Crippen MR) is 57.4 cm³/mol. The van der Waals surface area contributed by atoms with Crippen molar-refractivity contribution in [3.05, 3.63) is 24.3 Å². The lowest BCUT2D eigenvalue weighted by molar-refractivity contribution is -0.141. The van der Waals surface area contributed by atoms with Crippen LogP contribution in [0.5, 0.6) is 0 Å². The first-order valence-electron chi connectivity index (χ1n) is 5.53. The molecule has 0 amide bonds. The number of hydrogen-bond acceptors (Lipinski definition) is 3. The van der Waals surface area contributed by atoms with Crippen molar-refractivity contribution in [2.45, 2.75) is 39.0 Å². The van der Waals surface area contributed by atoms with Crippen LogP contribution < -0.4 is 0 Å². The summed E-state index contributed by atoms with van der Waals surface area (Å²) >= 11 is 0. The highest BCUT2D eigenvalue weighted by atomic mass is 16.1. The summed E-state index contributed by atoms with van der Waals surface area (Å²) in [4.78, 5) is 20.1. The Hall–Kier alpha value is -1.25. The van der Waals surface area contributed by atoms with Gasteiger partial charge in [0.15, 0.2) is 0 Å². The van der Waals surface area contributed by atoms with Crippen LogP contribution in [0, 0.1) is 5.41 Å². The van der Waals surface area contributed by atoms with Crippen LogP contribution in [-0.2, 0) is 4.79 Å². The largest absolute Gasteiger partial charge is 0.299 e. The van der Waals surface area contributed by atoms with Crippen molar-refractivity contribution < 1.29 is 4.79 Å². The van der Waals surface area contributed by atoms with Gasteiger partial charge in [-0.25, -0.2) is 0 Å². The second-order valence-electron chi connectivity index (χ2n) is 4.17. The maximum Gasteiger partial charge on any atom is 0.140 e. The molecule has 1 saturated carbocycles. The number of carbonyl (C=O) groups is 1. The first kappa shape index (κ1) is 10.3. The maximum atomic E-state index is 11.8. The summed E-state index contributed by atoms with van der Waals surface area (Å²) < 4.78 is 0. The lowest BCUT2D eigenvalue weighted by Gasteiger charge is -2.46. The molecule has 0 N–H and O–H groups in total. The number of aromatic nitrogens is 2. The Morgan fingerprint density at radius 1 is 1.40 bits per heavy atom. The van der Waals surface area contributed by atoms with E-state index in [4.69, 9.17) is 0 Å². The highest BCUT2D eigenvalue weighted by Crippen LogP contribution is 2.53. The lowest BCUT2D eigenvalue weighted by Crippen LogP contribution is -2.47. The minimum absolute atomic E-state index is 0.157. The second-order valence-corrected chi connectivity index (χ2v) is 4.17. The van der Waals surface area contributed by atoms with Crippen molar-refractivity contribution >= 4 is 5.78 Å². The number of hydrogen-bond donors (Lipinski definition) is 0. The third-order valence-corrected chi connectivity index (χ3v) is 3.81. The fourth-order valence-corrected chi connectivity index (χ4v) is 2.66. The molecule has 0 radical (unpaired) electrons.